The van der Waals surface area contributed by atoms with Crippen LogP contribution in [0.2, 0.25) is 0 Å². The van der Waals surface area contributed by atoms with Gasteiger partial charge in [-0.25, -0.2) is 4.98 Å². The Morgan fingerprint density at radius 3 is 2.58 bits per heavy atom. The second-order valence-corrected chi connectivity index (χ2v) is 6.69. The van der Waals surface area contributed by atoms with Crippen LogP contribution in [0.4, 0.5) is 0 Å². The molecular weight excluding hydrogens is 296 g/mol. The first-order valence-electron chi connectivity index (χ1n) is 8.52. The lowest BCUT2D eigenvalue weighted by Crippen LogP contribution is -2.28. The molecular formula is C21H22N2O. The van der Waals surface area contributed by atoms with Crippen molar-refractivity contribution in [2.45, 2.75) is 26.8 Å². The van der Waals surface area contributed by atoms with E-state index < -0.39 is 0 Å². The van der Waals surface area contributed by atoms with E-state index in [9.17, 15) is 0 Å². The van der Waals surface area contributed by atoms with Crippen LogP contribution in [0.15, 0.2) is 53.0 Å². The molecule has 4 rings (SSSR count). The van der Waals surface area contributed by atoms with E-state index in [0.29, 0.717) is 0 Å². The fraction of sp³-hybridized carbons (Fsp3) is 0.286. The lowest BCUT2D eigenvalue weighted by Gasteiger charge is -2.25. The molecule has 3 aromatic rings. The molecule has 1 aliphatic rings. The number of hydrogen-bond acceptors (Lipinski definition) is 3. The molecule has 0 bridgehead atoms. The molecule has 122 valence electrons. The molecule has 0 fully saturated rings. The van der Waals surface area contributed by atoms with Crippen LogP contribution in [0.3, 0.4) is 0 Å². The number of hydrogen-bond donors (Lipinski definition) is 0. The van der Waals surface area contributed by atoms with Crippen LogP contribution >= 0.6 is 0 Å². The maximum absolute atomic E-state index is 5.93. The zero-order chi connectivity index (χ0) is 16.5. The predicted molar refractivity (Wildman–Crippen MR) is 97.8 cm³/mol. The largest absolute Gasteiger partial charge is 0.436 e. The van der Waals surface area contributed by atoms with Crippen LogP contribution in [0, 0.1) is 13.8 Å². The minimum absolute atomic E-state index is 0.783. The molecule has 2 aromatic carbocycles. The Balaban J connectivity index is 1.48. The highest BCUT2D eigenvalue weighted by Crippen LogP contribution is 2.26. The lowest BCUT2D eigenvalue weighted by atomic mass is 10.1. The summed E-state index contributed by atoms with van der Waals surface area (Å²) in [7, 11) is 0. The summed E-state index contributed by atoms with van der Waals surface area (Å²) in [6.45, 7) is 7.19. The molecule has 0 saturated heterocycles. The highest BCUT2D eigenvalue weighted by atomic mass is 16.3. The van der Waals surface area contributed by atoms with E-state index in [2.05, 4.69) is 66.2 Å². The molecule has 0 N–H and O–H groups in total. The van der Waals surface area contributed by atoms with Crippen LogP contribution in [0.5, 0.6) is 0 Å². The van der Waals surface area contributed by atoms with Crippen LogP contribution in [0.25, 0.3) is 16.7 Å². The number of aromatic nitrogens is 1. The van der Waals surface area contributed by atoms with Crippen LogP contribution < -0.4 is 0 Å². The number of benzene rings is 2. The van der Waals surface area contributed by atoms with Crippen molar-refractivity contribution in [1.29, 1.82) is 0 Å². The van der Waals surface area contributed by atoms with Crippen molar-refractivity contribution in [1.82, 2.24) is 9.88 Å². The summed E-state index contributed by atoms with van der Waals surface area (Å²) in [5.74, 6) is 0.783. The Kier molecular flexibility index (Phi) is 3.95. The third kappa shape index (κ3) is 3.13. The van der Waals surface area contributed by atoms with Crippen molar-refractivity contribution in [3.63, 3.8) is 0 Å². The van der Waals surface area contributed by atoms with Gasteiger partial charge < -0.3 is 4.42 Å². The van der Waals surface area contributed by atoms with Crippen molar-refractivity contribution in [2.75, 3.05) is 13.1 Å². The maximum Gasteiger partial charge on any atom is 0.222 e. The molecule has 24 heavy (non-hydrogen) atoms. The number of nitrogens with zero attached hydrogens (tertiary/aromatic N) is 2. The molecule has 0 unspecified atom stereocenters. The average Bonchev–Trinajstić information content (AvgIpc) is 3.01. The standard InChI is InChI=1S/C21H22N2O/c1-15-3-6-17(7-4-15)14-23-11-9-18(10-12-23)21-22-19-13-16(2)5-8-20(19)24-21/h3-9,13H,10-12,14H2,1-2H3. The maximum atomic E-state index is 5.93. The molecule has 0 amide bonds. The molecule has 0 aliphatic carbocycles. The Labute approximate surface area is 142 Å². The minimum Gasteiger partial charge on any atom is -0.436 e. The highest BCUT2D eigenvalue weighted by Gasteiger charge is 2.17. The Morgan fingerprint density at radius 2 is 1.83 bits per heavy atom. The quantitative estimate of drug-likeness (QED) is 0.699. The topological polar surface area (TPSA) is 29.3 Å². The molecule has 0 saturated carbocycles. The fourth-order valence-electron chi connectivity index (χ4n) is 3.18. The lowest BCUT2D eigenvalue weighted by molar-refractivity contribution is 0.292. The van der Waals surface area contributed by atoms with Gasteiger partial charge in [0.1, 0.15) is 5.52 Å². The molecule has 1 aliphatic heterocycles. The Bertz CT molecular complexity index is 890. The van der Waals surface area contributed by atoms with Gasteiger partial charge in [0.2, 0.25) is 5.89 Å². The predicted octanol–water partition coefficient (Wildman–Crippen LogP) is 4.73. The van der Waals surface area contributed by atoms with E-state index >= 15 is 0 Å². The summed E-state index contributed by atoms with van der Waals surface area (Å²) in [5, 5.41) is 0. The molecule has 2 heterocycles. The second kappa shape index (κ2) is 6.25. The first-order valence-corrected chi connectivity index (χ1v) is 8.52. The molecule has 0 spiro atoms. The van der Waals surface area contributed by atoms with Crippen molar-refractivity contribution >= 4 is 16.7 Å². The third-order valence-corrected chi connectivity index (χ3v) is 4.64. The fourth-order valence-corrected chi connectivity index (χ4v) is 3.18. The summed E-state index contributed by atoms with van der Waals surface area (Å²) in [6.07, 6.45) is 3.24. The molecule has 0 radical (unpaired) electrons. The summed E-state index contributed by atoms with van der Waals surface area (Å²) in [5.41, 5.74) is 6.94. The van der Waals surface area contributed by atoms with Crippen LogP contribution in [-0.2, 0) is 6.54 Å². The second-order valence-electron chi connectivity index (χ2n) is 6.69. The van der Waals surface area contributed by atoms with Gasteiger partial charge in [0.05, 0.1) is 0 Å². The molecule has 1 aromatic heterocycles. The van der Waals surface area contributed by atoms with Gasteiger partial charge in [0.15, 0.2) is 5.58 Å². The van der Waals surface area contributed by atoms with E-state index in [4.69, 9.17) is 4.42 Å². The van der Waals surface area contributed by atoms with Gasteiger partial charge in [0, 0.05) is 25.2 Å². The Hall–Kier alpha value is -2.39. The number of oxazole rings is 1. The van der Waals surface area contributed by atoms with E-state index in [1.54, 1.807) is 0 Å². The van der Waals surface area contributed by atoms with E-state index in [1.165, 1.54) is 22.3 Å². The van der Waals surface area contributed by atoms with Gasteiger partial charge in [-0.3, -0.25) is 4.90 Å². The van der Waals surface area contributed by atoms with Gasteiger partial charge in [-0.15, -0.1) is 0 Å². The zero-order valence-electron chi connectivity index (χ0n) is 14.2. The highest BCUT2D eigenvalue weighted by molar-refractivity contribution is 5.76. The molecule has 0 atom stereocenters. The Morgan fingerprint density at radius 1 is 1.04 bits per heavy atom. The van der Waals surface area contributed by atoms with E-state index in [1.807, 2.05) is 6.07 Å². The van der Waals surface area contributed by atoms with Gasteiger partial charge >= 0.3 is 0 Å². The molecule has 3 nitrogen and oxygen atoms in total. The van der Waals surface area contributed by atoms with Crippen molar-refractivity contribution in [2.24, 2.45) is 0 Å². The monoisotopic (exact) mass is 318 g/mol. The first kappa shape index (κ1) is 15.2. The van der Waals surface area contributed by atoms with E-state index in [0.717, 1.165) is 43.0 Å². The third-order valence-electron chi connectivity index (χ3n) is 4.64. The van der Waals surface area contributed by atoms with Gasteiger partial charge in [0.25, 0.3) is 0 Å². The average molecular weight is 318 g/mol. The summed E-state index contributed by atoms with van der Waals surface area (Å²) in [4.78, 5) is 7.12. The van der Waals surface area contributed by atoms with E-state index in [-0.39, 0.29) is 0 Å². The number of rotatable bonds is 3. The summed E-state index contributed by atoms with van der Waals surface area (Å²) < 4.78 is 5.93. The van der Waals surface area contributed by atoms with Gasteiger partial charge in [-0.2, -0.15) is 0 Å². The summed E-state index contributed by atoms with van der Waals surface area (Å²) in [6, 6.07) is 15.0. The smallest absolute Gasteiger partial charge is 0.222 e. The number of fused-ring (bicyclic) bond motifs is 1. The summed E-state index contributed by atoms with van der Waals surface area (Å²) >= 11 is 0. The number of aryl methyl sites for hydroxylation is 2. The normalized spacial score (nSPS) is 15.7. The minimum atomic E-state index is 0.783. The molecule has 3 heteroatoms. The van der Waals surface area contributed by atoms with Crippen molar-refractivity contribution in [3.8, 4) is 0 Å². The van der Waals surface area contributed by atoms with Gasteiger partial charge in [-0.05, 0) is 43.5 Å². The van der Waals surface area contributed by atoms with Crippen LogP contribution in [-0.4, -0.2) is 23.0 Å². The van der Waals surface area contributed by atoms with Crippen molar-refractivity contribution in [3.05, 3.63) is 71.1 Å². The zero-order valence-corrected chi connectivity index (χ0v) is 14.2. The van der Waals surface area contributed by atoms with Crippen LogP contribution in [0.1, 0.15) is 29.0 Å². The first-order chi connectivity index (χ1) is 11.7. The SMILES string of the molecule is Cc1ccc(CN2CC=C(c3nc4cc(C)ccc4o3)CC2)cc1. The van der Waals surface area contributed by atoms with Crippen molar-refractivity contribution < 1.29 is 4.42 Å². The van der Waals surface area contributed by atoms with Gasteiger partial charge in [-0.1, -0.05) is 42.0 Å².